The van der Waals surface area contributed by atoms with Crippen LogP contribution in [-0.4, -0.2) is 28.6 Å². The number of amides is 1. The van der Waals surface area contributed by atoms with Crippen LogP contribution < -0.4 is 11.1 Å². The van der Waals surface area contributed by atoms with Crippen molar-refractivity contribution in [2.75, 3.05) is 12.3 Å². The third-order valence-electron chi connectivity index (χ3n) is 2.72. The molecule has 1 amide bonds. The van der Waals surface area contributed by atoms with Gasteiger partial charge in [0.2, 0.25) is 0 Å². The predicted octanol–water partition coefficient (Wildman–Crippen LogP) is 1.38. The summed E-state index contributed by atoms with van der Waals surface area (Å²) in [5.41, 5.74) is 6.96. The van der Waals surface area contributed by atoms with E-state index >= 15 is 0 Å². The van der Waals surface area contributed by atoms with Crippen molar-refractivity contribution < 1.29 is 9.90 Å². The molecule has 0 spiro atoms. The fourth-order valence-corrected chi connectivity index (χ4v) is 2.40. The maximum atomic E-state index is 12.0. The first kappa shape index (κ1) is 12.8. The average molecular weight is 265 g/mol. The largest absolute Gasteiger partial charge is 0.394 e. The van der Waals surface area contributed by atoms with Crippen LogP contribution in [0.25, 0.3) is 10.2 Å². The highest BCUT2D eigenvalue weighted by molar-refractivity contribution is 7.22. The number of carbonyl (C=O) groups is 1. The van der Waals surface area contributed by atoms with Crippen molar-refractivity contribution in [1.29, 1.82) is 0 Å². The minimum absolute atomic E-state index is 0.0575. The van der Waals surface area contributed by atoms with Crippen molar-refractivity contribution >= 4 is 32.6 Å². The number of hydrogen-bond acceptors (Lipinski definition) is 5. The van der Waals surface area contributed by atoms with Gasteiger partial charge in [-0.3, -0.25) is 4.79 Å². The summed E-state index contributed by atoms with van der Waals surface area (Å²) in [5.74, 6) is -0.190. The molecular weight excluding hydrogens is 250 g/mol. The fraction of sp³-hybridized carbons (Fsp3) is 0.333. The lowest BCUT2D eigenvalue weighted by Crippen LogP contribution is -2.36. The first-order valence-corrected chi connectivity index (χ1v) is 6.53. The molecule has 96 valence electrons. The van der Waals surface area contributed by atoms with Gasteiger partial charge in [-0.25, -0.2) is 4.98 Å². The molecule has 0 aliphatic carbocycles. The Balaban J connectivity index is 2.22. The van der Waals surface area contributed by atoms with E-state index in [2.05, 4.69) is 10.3 Å². The number of nitrogens with two attached hydrogens (primary N) is 1. The van der Waals surface area contributed by atoms with Crippen LogP contribution in [0.3, 0.4) is 0 Å². The average Bonchev–Trinajstić information content (AvgIpc) is 2.74. The Hall–Kier alpha value is -1.66. The molecule has 2 rings (SSSR count). The van der Waals surface area contributed by atoms with E-state index in [1.54, 1.807) is 18.2 Å². The Bertz CT molecular complexity index is 563. The number of aliphatic hydroxyl groups excluding tert-OH is 1. The van der Waals surface area contributed by atoms with Gasteiger partial charge in [0.25, 0.3) is 5.91 Å². The Morgan fingerprint density at radius 2 is 2.39 bits per heavy atom. The number of nitrogens with zero attached hydrogens (tertiary/aromatic N) is 1. The van der Waals surface area contributed by atoms with E-state index in [9.17, 15) is 4.79 Å². The number of fused-ring (bicyclic) bond motifs is 1. The molecule has 0 bridgehead atoms. The molecule has 1 unspecified atom stereocenters. The molecule has 1 aromatic heterocycles. The molecule has 4 N–H and O–H groups in total. The molecule has 1 heterocycles. The van der Waals surface area contributed by atoms with Gasteiger partial charge in [0, 0.05) is 5.56 Å². The number of nitrogen functional groups attached to an aromatic ring is 1. The molecule has 1 atom stereocenters. The number of carbonyl (C=O) groups excluding carboxylic acids is 1. The summed E-state index contributed by atoms with van der Waals surface area (Å²) in [6.45, 7) is 1.85. The first-order chi connectivity index (χ1) is 8.63. The minimum Gasteiger partial charge on any atom is -0.394 e. The molecular formula is C12H15N3O2S. The standard InChI is InChI=1S/C12H15N3O2S/c1-2-8(6-16)14-11(17)7-3-4-9-10(5-7)18-12(13)15-9/h3-5,8,16H,2,6H2,1H3,(H2,13,15)(H,14,17). The van der Waals surface area contributed by atoms with Gasteiger partial charge in [0.15, 0.2) is 5.13 Å². The summed E-state index contributed by atoms with van der Waals surface area (Å²) in [4.78, 5) is 16.1. The first-order valence-electron chi connectivity index (χ1n) is 5.71. The smallest absolute Gasteiger partial charge is 0.251 e. The van der Waals surface area contributed by atoms with Crippen LogP contribution in [0.4, 0.5) is 5.13 Å². The molecule has 0 aliphatic heterocycles. The summed E-state index contributed by atoms with van der Waals surface area (Å²) in [7, 11) is 0. The fourth-order valence-electron chi connectivity index (χ4n) is 1.63. The van der Waals surface area contributed by atoms with Crippen LogP contribution in [0.2, 0.25) is 0 Å². The van der Waals surface area contributed by atoms with Gasteiger partial charge in [0.05, 0.1) is 22.9 Å². The van der Waals surface area contributed by atoms with Gasteiger partial charge < -0.3 is 16.2 Å². The maximum absolute atomic E-state index is 12.0. The SMILES string of the molecule is CCC(CO)NC(=O)c1ccc2nc(N)sc2c1. The number of benzene rings is 1. The second-order valence-corrected chi connectivity index (χ2v) is 5.06. The van der Waals surface area contributed by atoms with E-state index in [1.807, 2.05) is 6.92 Å². The predicted molar refractivity (Wildman–Crippen MR) is 72.7 cm³/mol. The Morgan fingerprint density at radius 3 is 3.06 bits per heavy atom. The van der Waals surface area contributed by atoms with E-state index in [1.165, 1.54) is 11.3 Å². The van der Waals surface area contributed by atoms with E-state index in [0.717, 1.165) is 10.2 Å². The third kappa shape index (κ3) is 2.60. The van der Waals surface area contributed by atoms with Crippen molar-refractivity contribution in [3.8, 4) is 0 Å². The van der Waals surface area contributed by atoms with Crippen LogP contribution in [-0.2, 0) is 0 Å². The summed E-state index contributed by atoms with van der Waals surface area (Å²) in [6.07, 6.45) is 0.692. The summed E-state index contributed by atoms with van der Waals surface area (Å²) >= 11 is 1.35. The third-order valence-corrected chi connectivity index (χ3v) is 3.56. The van der Waals surface area contributed by atoms with Gasteiger partial charge in [-0.05, 0) is 24.6 Å². The molecule has 5 nitrogen and oxygen atoms in total. The monoisotopic (exact) mass is 265 g/mol. The number of anilines is 1. The van der Waals surface area contributed by atoms with Gasteiger partial charge in [0.1, 0.15) is 0 Å². The number of aromatic nitrogens is 1. The highest BCUT2D eigenvalue weighted by Gasteiger charge is 2.12. The number of nitrogens with one attached hydrogen (secondary N) is 1. The Kier molecular flexibility index (Phi) is 3.78. The van der Waals surface area contributed by atoms with Crippen molar-refractivity contribution in [3.05, 3.63) is 23.8 Å². The molecule has 1 aromatic carbocycles. The zero-order chi connectivity index (χ0) is 13.1. The summed E-state index contributed by atoms with van der Waals surface area (Å²) < 4.78 is 0.886. The normalized spacial score (nSPS) is 12.6. The molecule has 0 saturated carbocycles. The van der Waals surface area contributed by atoms with Crippen molar-refractivity contribution in [1.82, 2.24) is 10.3 Å². The lowest BCUT2D eigenvalue weighted by atomic mass is 10.1. The van der Waals surface area contributed by atoms with E-state index < -0.39 is 0 Å². The molecule has 6 heteroatoms. The second kappa shape index (κ2) is 5.32. The highest BCUT2D eigenvalue weighted by atomic mass is 32.1. The molecule has 18 heavy (non-hydrogen) atoms. The van der Waals surface area contributed by atoms with E-state index in [-0.39, 0.29) is 18.6 Å². The lowest BCUT2D eigenvalue weighted by molar-refractivity contribution is 0.0915. The molecule has 0 aliphatic rings. The van der Waals surface area contributed by atoms with Crippen LogP contribution in [0.15, 0.2) is 18.2 Å². The second-order valence-electron chi connectivity index (χ2n) is 4.00. The Morgan fingerprint density at radius 1 is 1.61 bits per heavy atom. The summed E-state index contributed by atoms with van der Waals surface area (Å²) in [6, 6.07) is 5.04. The Labute approximate surface area is 109 Å². The van der Waals surface area contributed by atoms with Gasteiger partial charge >= 0.3 is 0 Å². The van der Waals surface area contributed by atoms with Crippen LogP contribution >= 0.6 is 11.3 Å². The molecule has 0 saturated heterocycles. The zero-order valence-electron chi connectivity index (χ0n) is 10.0. The lowest BCUT2D eigenvalue weighted by Gasteiger charge is -2.13. The van der Waals surface area contributed by atoms with Gasteiger partial charge in [-0.15, -0.1) is 0 Å². The topological polar surface area (TPSA) is 88.2 Å². The highest BCUT2D eigenvalue weighted by Crippen LogP contribution is 2.24. The van der Waals surface area contributed by atoms with Crippen molar-refractivity contribution in [3.63, 3.8) is 0 Å². The van der Waals surface area contributed by atoms with E-state index in [0.29, 0.717) is 17.1 Å². The van der Waals surface area contributed by atoms with Gasteiger partial charge in [-0.1, -0.05) is 18.3 Å². The summed E-state index contributed by atoms with van der Waals surface area (Å²) in [5, 5.41) is 12.3. The quantitative estimate of drug-likeness (QED) is 0.779. The number of aliphatic hydroxyl groups is 1. The number of thiazole rings is 1. The zero-order valence-corrected chi connectivity index (χ0v) is 10.8. The number of hydrogen-bond donors (Lipinski definition) is 3. The van der Waals surface area contributed by atoms with Crippen LogP contribution in [0.1, 0.15) is 23.7 Å². The van der Waals surface area contributed by atoms with Gasteiger partial charge in [-0.2, -0.15) is 0 Å². The van der Waals surface area contributed by atoms with E-state index in [4.69, 9.17) is 10.8 Å². The van der Waals surface area contributed by atoms with Crippen molar-refractivity contribution in [2.24, 2.45) is 0 Å². The molecule has 0 radical (unpaired) electrons. The minimum atomic E-state index is -0.209. The van der Waals surface area contributed by atoms with Crippen LogP contribution in [0.5, 0.6) is 0 Å². The molecule has 2 aromatic rings. The molecule has 0 fully saturated rings. The van der Waals surface area contributed by atoms with Crippen LogP contribution in [0, 0.1) is 0 Å². The maximum Gasteiger partial charge on any atom is 0.251 e. The number of rotatable bonds is 4. The van der Waals surface area contributed by atoms with Crippen molar-refractivity contribution in [2.45, 2.75) is 19.4 Å².